The van der Waals surface area contributed by atoms with Crippen LogP contribution in [0.1, 0.15) is 57.0 Å². The quantitative estimate of drug-likeness (QED) is 0.784. The second kappa shape index (κ2) is 8.44. The topological polar surface area (TPSA) is 47.0 Å². The van der Waals surface area contributed by atoms with Gasteiger partial charge < -0.3 is 10.1 Å². The van der Waals surface area contributed by atoms with Crippen molar-refractivity contribution in [2.75, 3.05) is 20.3 Å². The predicted molar refractivity (Wildman–Crippen MR) is 85.2 cm³/mol. The first-order valence-electron chi connectivity index (χ1n) is 8.22. The maximum Gasteiger partial charge on any atom is 0.131 e. The average Bonchev–Trinajstić information content (AvgIpc) is 2.52. The fraction of sp³-hybridized carbons (Fsp3) is 0.765. The average molecular weight is 291 g/mol. The monoisotopic (exact) mass is 291 g/mol. The van der Waals surface area contributed by atoms with Gasteiger partial charge in [-0.3, -0.25) is 0 Å². The van der Waals surface area contributed by atoms with Crippen molar-refractivity contribution in [2.24, 2.45) is 11.8 Å². The third-order valence-corrected chi connectivity index (χ3v) is 4.60. The molecule has 1 aromatic rings. The van der Waals surface area contributed by atoms with Crippen LogP contribution in [0, 0.1) is 11.8 Å². The molecule has 1 aliphatic carbocycles. The van der Waals surface area contributed by atoms with Crippen LogP contribution in [0.3, 0.4) is 0 Å². The van der Waals surface area contributed by atoms with Gasteiger partial charge in [-0.25, -0.2) is 9.97 Å². The van der Waals surface area contributed by atoms with Gasteiger partial charge in [-0.2, -0.15) is 0 Å². The number of ether oxygens (including phenoxy) is 1. The summed E-state index contributed by atoms with van der Waals surface area (Å²) in [6.07, 6.45) is 7.03. The molecule has 0 amide bonds. The van der Waals surface area contributed by atoms with Crippen molar-refractivity contribution in [1.82, 2.24) is 15.3 Å². The fourth-order valence-electron chi connectivity index (χ4n) is 3.14. The Bertz CT molecular complexity index is 414. The lowest BCUT2D eigenvalue weighted by Crippen LogP contribution is -2.21. The van der Waals surface area contributed by atoms with E-state index in [4.69, 9.17) is 9.72 Å². The van der Waals surface area contributed by atoms with Gasteiger partial charge >= 0.3 is 0 Å². The molecular weight excluding hydrogens is 262 g/mol. The molecule has 0 spiro atoms. The first-order chi connectivity index (χ1) is 10.2. The zero-order chi connectivity index (χ0) is 15.1. The first kappa shape index (κ1) is 16.4. The Kier molecular flexibility index (Phi) is 6.58. The maximum atomic E-state index is 5.03. The summed E-state index contributed by atoms with van der Waals surface area (Å²) >= 11 is 0. The van der Waals surface area contributed by atoms with Gasteiger partial charge in [0.2, 0.25) is 0 Å². The van der Waals surface area contributed by atoms with Crippen LogP contribution in [0.15, 0.2) is 12.3 Å². The molecule has 1 aromatic heterocycles. The van der Waals surface area contributed by atoms with Gasteiger partial charge in [0.1, 0.15) is 5.82 Å². The normalized spacial score (nSPS) is 22.7. The molecule has 0 saturated heterocycles. The van der Waals surface area contributed by atoms with Crippen LogP contribution < -0.4 is 5.32 Å². The molecule has 118 valence electrons. The zero-order valence-electron chi connectivity index (χ0n) is 13.6. The van der Waals surface area contributed by atoms with Crippen LogP contribution >= 0.6 is 0 Å². The van der Waals surface area contributed by atoms with Crippen molar-refractivity contribution in [3.63, 3.8) is 0 Å². The molecule has 1 heterocycles. The minimum atomic E-state index is 0.555. The molecule has 1 N–H and O–H groups in total. The predicted octanol–water partition coefficient (Wildman–Crippen LogP) is 3.14. The molecule has 21 heavy (non-hydrogen) atoms. The number of aromatic nitrogens is 2. The molecule has 0 bridgehead atoms. The van der Waals surface area contributed by atoms with Crippen LogP contribution in [-0.2, 0) is 11.3 Å². The van der Waals surface area contributed by atoms with Crippen LogP contribution in [0.5, 0.6) is 0 Å². The lowest BCUT2D eigenvalue weighted by molar-refractivity contribution is 0.199. The lowest BCUT2D eigenvalue weighted by Gasteiger charge is -2.30. The third kappa shape index (κ3) is 5.04. The molecule has 1 fully saturated rings. The van der Waals surface area contributed by atoms with E-state index in [9.17, 15) is 0 Å². The van der Waals surface area contributed by atoms with E-state index < -0.39 is 0 Å². The van der Waals surface area contributed by atoms with E-state index in [2.05, 4.69) is 24.1 Å². The Labute approximate surface area is 128 Å². The van der Waals surface area contributed by atoms with E-state index in [1.165, 1.54) is 25.7 Å². The highest BCUT2D eigenvalue weighted by atomic mass is 16.5. The van der Waals surface area contributed by atoms with Gasteiger partial charge in [0.25, 0.3) is 0 Å². The minimum absolute atomic E-state index is 0.555. The van der Waals surface area contributed by atoms with Gasteiger partial charge in [0.05, 0.1) is 12.3 Å². The smallest absolute Gasteiger partial charge is 0.131 e. The zero-order valence-corrected chi connectivity index (χ0v) is 13.6. The molecule has 2 rings (SSSR count). The van der Waals surface area contributed by atoms with Gasteiger partial charge in [0, 0.05) is 32.3 Å². The number of nitrogens with zero attached hydrogens (tertiary/aromatic N) is 2. The molecule has 0 radical (unpaired) electrons. The van der Waals surface area contributed by atoms with Crippen molar-refractivity contribution in [3.8, 4) is 0 Å². The van der Waals surface area contributed by atoms with E-state index >= 15 is 0 Å². The Hall–Kier alpha value is -1.00. The second-order valence-electron chi connectivity index (χ2n) is 6.43. The Morgan fingerprint density at radius 3 is 2.71 bits per heavy atom. The highest BCUT2D eigenvalue weighted by molar-refractivity contribution is 5.06. The molecule has 0 atom stereocenters. The summed E-state index contributed by atoms with van der Waals surface area (Å²) in [5, 5.41) is 3.34. The number of hydrogen-bond acceptors (Lipinski definition) is 4. The largest absolute Gasteiger partial charge is 0.383 e. The van der Waals surface area contributed by atoms with Crippen LogP contribution in [0.2, 0.25) is 0 Å². The highest BCUT2D eigenvalue weighted by Gasteiger charge is 2.25. The second-order valence-corrected chi connectivity index (χ2v) is 6.43. The van der Waals surface area contributed by atoms with Crippen molar-refractivity contribution >= 4 is 0 Å². The van der Waals surface area contributed by atoms with Crippen molar-refractivity contribution in [1.29, 1.82) is 0 Å². The van der Waals surface area contributed by atoms with Crippen LogP contribution in [0.25, 0.3) is 0 Å². The van der Waals surface area contributed by atoms with E-state index in [0.717, 1.165) is 43.1 Å². The molecular formula is C17H29N3O. The molecule has 1 saturated carbocycles. The van der Waals surface area contributed by atoms with Crippen molar-refractivity contribution in [3.05, 3.63) is 23.8 Å². The van der Waals surface area contributed by atoms with E-state index in [0.29, 0.717) is 5.92 Å². The maximum absolute atomic E-state index is 5.03. The number of rotatable bonds is 7. The summed E-state index contributed by atoms with van der Waals surface area (Å²) in [5.74, 6) is 3.30. The van der Waals surface area contributed by atoms with E-state index in [1.807, 2.05) is 12.3 Å². The summed E-state index contributed by atoms with van der Waals surface area (Å²) < 4.78 is 5.03. The van der Waals surface area contributed by atoms with Gasteiger partial charge in [0.15, 0.2) is 0 Å². The number of nitrogens with one attached hydrogen (secondary N) is 1. The summed E-state index contributed by atoms with van der Waals surface area (Å²) in [7, 11) is 1.72. The van der Waals surface area contributed by atoms with Gasteiger partial charge in [-0.15, -0.1) is 0 Å². The Balaban J connectivity index is 1.86. The Morgan fingerprint density at radius 2 is 2.05 bits per heavy atom. The lowest BCUT2D eigenvalue weighted by atomic mass is 9.77. The molecule has 0 aromatic carbocycles. The summed E-state index contributed by atoms with van der Waals surface area (Å²) in [6, 6.07) is 2.00. The summed E-state index contributed by atoms with van der Waals surface area (Å²) in [4.78, 5) is 9.26. The fourth-order valence-corrected chi connectivity index (χ4v) is 3.14. The number of methoxy groups -OCH3 is 1. The van der Waals surface area contributed by atoms with E-state index in [1.54, 1.807) is 7.11 Å². The SMILES string of the molecule is COCCNCc1ccnc(C2CCC(C(C)C)CC2)n1. The van der Waals surface area contributed by atoms with Gasteiger partial charge in [-0.1, -0.05) is 13.8 Å². The van der Waals surface area contributed by atoms with Crippen LogP contribution in [-0.4, -0.2) is 30.2 Å². The molecule has 0 unspecified atom stereocenters. The minimum Gasteiger partial charge on any atom is -0.383 e. The highest BCUT2D eigenvalue weighted by Crippen LogP contribution is 2.37. The van der Waals surface area contributed by atoms with Crippen molar-refractivity contribution in [2.45, 2.75) is 52.0 Å². The summed E-state index contributed by atoms with van der Waals surface area (Å²) in [6.45, 7) is 7.06. The van der Waals surface area contributed by atoms with Crippen molar-refractivity contribution < 1.29 is 4.74 Å². The Morgan fingerprint density at radius 1 is 1.29 bits per heavy atom. The summed E-state index contributed by atoms with van der Waals surface area (Å²) in [5.41, 5.74) is 1.09. The molecule has 1 aliphatic rings. The number of hydrogen-bond donors (Lipinski definition) is 1. The first-order valence-corrected chi connectivity index (χ1v) is 8.22. The molecule has 4 heteroatoms. The van der Waals surface area contributed by atoms with E-state index in [-0.39, 0.29) is 0 Å². The standard InChI is InChI=1S/C17H29N3O/c1-13(2)14-4-6-15(7-5-14)17-19-9-8-16(20-17)12-18-10-11-21-3/h8-9,13-15,18H,4-7,10-12H2,1-3H3. The van der Waals surface area contributed by atoms with Crippen LogP contribution in [0.4, 0.5) is 0 Å². The van der Waals surface area contributed by atoms with Gasteiger partial charge in [-0.05, 0) is 43.6 Å². The molecule has 0 aliphatic heterocycles. The molecule has 4 nitrogen and oxygen atoms in total. The third-order valence-electron chi connectivity index (χ3n) is 4.60.